The van der Waals surface area contributed by atoms with Crippen LogP contribution in [-0.4, -0.2) is 57.4 Å². The molecular weight excluding hydrogens is 384 g/mol. The maximum atomic E-state index is 12.6. The fourth-order valence-electron chi connectivity index (χ4n) is 3.56. The quantitative estimate of drug-likeness (QED) is 0.600. The molecule has 3 rings (SSSR count). The van der Waals surface area contributed by atoms with Gasteiger partial charge in [0.2, 0.25) is 0 Å². The molecule has 0 aliphatic carbocycles. The molecule has 1 aromatic carbocycles. The van der Waals surface area contributed by atoms with Crippen molar-refractivity contribution in [2.45, 2.75) is 38.8 Å². The number of piperidine rings is 1. The van der Waals surface area contributed by atoms with Gasteiger partial charge in [-0.1, -0.05) is 6.92 Å². The second kappa shape index (κ2) is 11.0. The van der Waals surface area contributed by atoms with Crippen molar-refractivity contribution in [3.05, 3.63) is 47.4 Å². The summed E-state index contributed by atoms with van der Waals surface area (Å²) in [6, 6.07) is 9.41. The van der Waals surface area contributed by atoms with Gasteiger partial charge in [0.25, 0.3) is 5.91 Å². The van der Waals surface area contributed by atoms with Gasteiger partial charge in [0.1, 0.15) is 29.1 Å². The van der Waals surface area contributed by atoms with Crippen molar-refractivity contribution in [1.29, 1.82) is 0 Å². The summed E-state index contributed by atoms with van der Waals surface area (Å²) < 4.78 is 22.4. The normalized spacial score (nSPS) is 15.2. The molecule has 7 heteroatoms. The predicted molar refractivity (Wildman–Crippen MR) is 114 cm³/mol. The first-order valence-electron chi connectivity index (χ1n) is 10.5. The zero-order valence-corrected chi connectivity index (χ0v) is 18.1. The number of aryl methyl sites for hydroxylation is 1. The third-order valence-corrected chi connectivity index (χ3v) is 5.30. The van der Waals surface area contributed by atoms with Crippen molar-refractivity contribution in [2.24, 2.45) is 0 Å². The number of nitrogens with one attached hydrogen (secondary N) is 1. The third-order valence-electron chi connectivity index (χ3n) is 5.30. The summed E-state index contributed by atoms with van der Waals surface area (Å²) in [6.07, 6.45) is 2.76. The lowest BCUT2D eigenvalue weighted by molar-refractivity contribution is 0.0863. The summed E-state index contributed by atoms with van der Waals surface area (Å²) in [5, 5.41) is 2.85. The van der Waals surface area contributed by atoms with Gasteiger partial charge in [-0.05, 0) is 37.1 Å². The number of carbonyl (C=O) groups excluding carboxylic acids is 1. The van der Waals surface area contributed by atoms with Crippen LogP contribution in [0.2, 0.25) is 0 Å². The van der Waals surface area contributed by atoms with Gasteiger partial charge < -0.3 is 23.9 Å². The van der Waals surface area contributed by atoms with Gasteiger partial charge in [0.15, 0.2) is 0 Å². The van der Waals surface area contributed by atoms with E-state index in [1.165, 1.54) is 0 Å². The predicted octanol–water partition coefficient (Wildman–Crippen LogP) is 3.27. The van der Waals surface area contributed by atoms with E-state index in [9.17, 15) is 4.79 Å². The topological polar surface area (TPSA) is 73.2 Å². The van der Waals surface area contributed by atoms with Gasteiger partial charge in [0.05, 0.1) is 25.8 Å². The summed E-state index contributed by atoms with van der Waals surface area (Å²) in [5.74, 6) is 3.08. The number of rotatable bonds is 10. The van der Waals surface area contributed by atoms with E-state index in [1.807, 2.05) is 6.07 Å². The Kier molecular flexibility index (Phi) is 8.16. The average Bonchev–Trinajstić information content (AvgIpc) is 3.22. The van der Waals surface area contributed by atoms with Gasteiger partial charge in [-0.15, -0.1) is 0 Å². The van der Waals surface area contributed by atoms with E-state index in [1.54, 1.807) is 32.4 Å². The lowest BCUT2D eigenvalue weighted by Gasteiger charge is -2.32. The highest BCUT2D eigenvalue weighted by atomic mass is 16.5. The summed E-state index contributed by atoms with van der Waals surface area (Å²) in [6.45, 7) is 5.67. The highest BCUT2D eigenvalue weighted by Crippen LogP contribution is 2.28. The number of amides is 1. The Labute approximate surface area is 178 Å². The molecule has 0 bridgehead atoms. The van der Waals surface area contributed by atoms with Crippen LogP contribution in [0.25, 0.3) is 0 Å². The Morgan fingerprint density at radius 3 is 2.60 bits per heavy atom. The minimum atomic E-state index is -0.174. The van der Waals surface area contributed by atoms with Crippen molar-refractivity contribution in [3.63, 3.8) is 0 Å². The maximum absolute atomic E-state index is 12.6. The Morgan fingerprint density at radius 2 is 1.93 bits per heavy atom. The smallest absolute Gasteiger partial charge is 0.255 e. The number of ether oxygens (including phenoxy) is 3. The molecule has 1 fully saturated rings. The summed E-state index contributed by atoms with van der Waals surface area (Å²) in [7, 11) is 3.21. The molecule has 0 spiro atoms. The van der Waals surface area contributed by atoms with Crippen molar-refractivity contribution >= 4 is 5.91 Å². The number of benzene rings is 1. The largest absolute Gasteiger partial charge is 0.497 e. The number of likely N-dealkylation sites (tertiary alicyclic amines) is 1. The first-order valence-corrected chi connectivity index (χ1v) is 10.5. The van der Waals surface area contributed by atoms with Crippen LogP contribution in [-0.2, 0) is 17.7 Å². The molecule has 1 aromatic heterocycles. The van der Waals surface area contributed by atoms with Crippen LogP contribution in [0.3, 0.4) is 0 Å². The van der Waals surface area contributed by atoms with Crippen molar-refractivity contribution in [2.75, 3.05) is 40.5 Å². The molecule has 1 N–H and O–H groups in total. The van der Waals surface area contributed by atoms with Gasteiger partial charge in [-0.3, -0.25) is 9.69 Å². The van der Waals surface area contributed by atoms with E-state index >= 15 is 0 Å². The van der Waals surface area contributed by atoms with E-state index in [-0.39, 0.29) is 12.0 Å². The Hall–Kier alpha value is -2.51. The van der Waals surface area contributed by atoms with Gasteiger partial charge in [0, 0.05) is 39.2 Å². The number of hydrogen-bond donors (Lipinski definition) is 1. The third kappa shape index (κ3) is 6.00. The standard InChI is InChI=1S/C23H32N2O5/c1-4-17-5-6-20(29-17)16-25-12-9-18(10-13-25)30-22-15-19(28-3)7-8-21(22)23(26)24-11-14-27-2/h5-8,15,18H,4,9-14,16H2,1-3H3,(H,24,26). The van der Waals surface area contributed by atoms with E-state index in [2.05, 4.69) is 23.2 Å². The number of hydrogen-bond acceptors (Lipinski definition) is 6. The fourth-order valence-corrected chi connectivity index (χ4v) is 3.56. The molecule has 1 aliphatic heterocycles. The molecule has 2 heterocycles. The van der Waals surface area contributed by atoms with Gasteiger partial charge in [-0.2, -0.15) is 0 Å². The number of nitrogens with zero attached hydrogens (tertiary/aromatic N) is 1. The Bertz CT molecular complexity index is 812. The molecule has 0 saturated carbocycles. The highest BCUT2D eigenvalue weighted by Gasteiger charge is 2.23. The minimum absolute atomic E-state index is 0.0571. The van der Waals surface area contributed by atoms with E-state index in [0.29, 0.717) is 30.2 Å². The molecular formula is C23H32N2O5. The lowest BCUT2D eigenvalue weighted by Crippen LogP contribution is -2.38. The SMILES string of the molecule is CCc1ccc(CN2CCC(Oc3cc(OC)ccc3C(=O)NCCOC)CC2)o1. The zero-order valence-electron chi connectivity index (χ0n) is 18.1. The molecule has 2 aromatic rings. The van der Waals surface area contributed by atoms with Crippen LogP contribution in [0.4, 0.5) is 0 Å². The lowest BCUT2D eigenvalue weighted by atomic mass is 10.1. The molecule has 1 aliphatic rings. The first kappa shape index (κ1) is 22.2. The summed E-state index contributed by atoms with van der Waals surface area (Å²) in [4.78, 5) is 14.9. The highest BCUT2D eigenvalue weighted by molar-refractivity contribution is 5.97. The summed E-state index contributed by atoms with van der Waals surface area (Å²) >= 11 is 0. The Balaban J connectivity index is 1.58. The molecule has 0 atom stereocenters. The molecule has 1 saturated heterocycles. The van der Waals surface area contributed by atoms with Crippen molar-refractivity contribution in [1.82, 2.24) is 10.2 Å². The van der Waals surface area contributed by atoms with Crippen LogP contribution >= 0.6 is 0 Å². The van der Waals surface area contributed by atoms with Crippen LogP contribution in [0.15, 0.2) is 34.7 Å². The molecule has 164 valence electrons. The molecule has 7 nitrogen and oxygen atoms in total. The molecule has 1 amide bonds. The maximum Gasteiger partial charge on any atom is 0.255 e. The number of methoxy groups -OCH3 is 2. The molecule has 0 unspecified atom stereocenters. The molecule has 0 radical (unpaired) electrons. The fraction of sp³-hybridized carbons (Fsp3) is 0.522. The number of carbonyl (C=O) groups is 1. The molecule has 30 heavy (non-hydrogen) atoms. The van der Waals surface area contributed by atoms with Gasteiger partial charge >= 0.3 is 0 Å². The van der Waals surface area contributed by atoms with E-state index < -0.39 is 0 Å². The van der Waals surface area contributed by atoms with Crippen LogP contribution in [0.1, 0.15) is 41.6 Å². The number of furan rings is 1. The average molecular weight is 417 g/mol. The van der Waals surface area contributed by atoms with Crippen molar-refractivity contribution < 1.29 is 23.4 Å². The van der Waals surface area contributed by atoms with Crippen LogP contribution < -0.4 is 14.8 Å². The second-order valence-corrected chi connectivity index (χ2v) is 7.43. The monoisotopic (exact) mass is 416 g/mol. The van der Waals surface area contributed by atoms with E-state index in [0.717, 1.165) is 50.4 Å². The van der Waals surface area contributed by atoms with Gasteiger partial charge in [-0.25, -0.2) is 0 Å². The van der Waals surface area contributed by atoms with Crippen molar-refractivity contribution in [3.8, 4) is 11.5 Å². The van der Waals surface area contributed by atoms with E-state index in [4.69, 9.17) is 18.6 Å². The van der Waals surface area contributed by atoms with Crippen LogP contribution in [0.5, 0.6) is 11.5 Å². The first-order chi connectivity index (χ1) is 14.6. The minimum Gasteiger partial charge on any atom is -0.497 e. The summed E-state index contributed by atoms with van der Waals surface area (Å²) in [5.41, 5.74) is 0.511. The van der Waals surface area contributed by atoms with Crippen LogP contribution in [0, 0.1) is 0 Å². The second-order valence-electron chi connectivity index (χ2n) is 7.43. The zero-order chi connectivity index (χ0) is 21.3. The Morgan fingerprint density at radius 1 is 1.17 bits per heavy atom.